The standard InChI is InChI=1S/C9H10O2S.C8H7ClO2.C7H8O.CCl2O/c1-7-4-3-5-8(6-7)11-9(10)12-2;1-6-3-2-4-7(5-6)11-8(9)10;1-6-3-2-4-7(8)5-6;2-1(3)4/h3-6H,1-2H3;2-5H,1H3;2-5,8H,1H3;. The number of hydrogen-bond acceptors (Lipinski definition) is 7. The molecule has 10 heteroatoms. The van der Waals surface area contributed by atoms with Crippen molar-refractivity contribution in [3.05, 3.63) is 89.5 Å². The summed E-state index contributed by atoms with van der Waals surface area (Å²) in [6.45, 7) is 5.81. The van der Waals surface area contributed by atoms with Crippen molar-refractivity contribution in [2.24, 2.45) is 0 Å². The zero-order chi connectivity index (χ0) is 26.8. The summed E-state index contributed by atoms with van der Waals surface area (Å²) in [7, 11) is 0. The number of aryl methyl sites for hydroxylation is 3. The van der Waals surface area contributed by atoms with Gasteiger partial charge in [0.25, 0.3) is 0 Å². The number of ether oxygens (including phenoxy) is 2. The minimum atomic E-state index is -0.889. The summed E-state index contributed by atoms with van der Waals surface area (Å²) >= 11 is 14.9. The summed E-state index contributed by atoms with van der Waals surface area (Å²) in [5, 5.41) is 8.54. The third kappa shape index (κ3) is 19.3. The molecule has 0 spiro atoms. The van der Waals surface area contributed by atoms with E-state index in [1.54, 1.807) is 42.7 Å². The van der Waals surface area contributed by atoms with Gasteiger partial charge in [0.1, 0.15) is 17.2 Å². The maximum absolute atomic E-state index is 10.8. The van der Waals surface area contributed by atoms with Crippen LogP contribution in [0.4, 0.5) is 14.4 Å². The van der Waals surface area contributed by atoms with Crippen LogP contribution in [-0.4, -0.2) is 26.8 Å². The van der Waals surface area contributed by atoms with Crippen LogP contribution < -0.4 is 9.47 Å². The van der Waals surface area contributed by atoms with E-state index in [0.29, 0.717) is 17.2 Å². The Balaban J connectivity index is 0.000000467. The number of thioether (sulfide) groups is 1. The molecule has 0 fully saturated rings. The van der Waals surface area contributed by atoms with E-state index in [1.807, 2.05) is 57.2 Å². The molecule has 3 rings (SSSR count). The quantitative estimate of drug-likeness (QED) is 0.248. The van der Waals surface area contributed by atoms with Crippen molar-refractivity contribution in [3.63, 3.8) is 0 Å². The highest BCUT2D eigenvalue weighted by molar-refractivity contribution is 8.12. The monoisotopic (exact) mass is 558 g/mol. The number of halogens is 3. The first-order valence-corrected chi connectivity index (χ1v) is 12.2. The Labute approximate surface area is 224 Å². The fraction of sp³-hybridized carbons (Fsp3) is 0.160. The summed E-state index contributed by atoms with van der Waals surface area (Å²) in [6, 6.07) is 21.7. The lowest BCUT2D eigenvalue weighted by atomic mass is 10.2. The fourth-order valence-corrected chi connectivity index (χ4v) is 2.48. The maximum atomic E-state index is 10.8. The third-order valence-electron chi connectivity index (χ3n) is 3.55. The van der Waals surface area contributed by atoms with Crippen molar-refractivity contribution in [3.8, 4) is 17.2 Å². The molecule has 0 saturated heterocycles. The van der Waals surface area contributed by atoms with Crippen LogP contribution in [0.3, 0.4) is 0 Å². The summed E-state index contributed by atoms with van der Waals surface area (Å²) < 4.78 is 8.70. The molecule has 0 atom stereocenters. The summed E-state index contributed by atoms with van der Waals surface area (Å²) in [4.78, 5) is 30.1. The average Bonchev–Trinajstić information content (AvgIpc) is 2.73. The molecule has 3 aromatic carbocycles. The summed E-state index contributed by atoms with van der Waals surface area (Å²) in [5.74, 6) is 1.42. The molecule has 0 aliphatic rings. The minimum Gasteiger partial charge on any atom is -0.508 e. The Morgan fingerprint density at radius 1 is 0.714 bits per heavy atom. The second-order valence-corrected chi connectivity index (χ2v) is 8.52. The molecular weight excluding hydrogens is 535 g/mol. The lowest BCUT2D eigenvalue weighted by molar-refractivity contribution is 0.225. The first-order valence-electron chi connectivity index (χ1n) is 9.80. The van der Waals surface area contributed by atoms with Gasteiger partial charge in [-0.15, -0.1) is 0 Å². The Kier molecular flexibility index (Phi) is 17.2. The lowest BCUT2D eigenvalue weighted by Crippen LogP contribution is -1.99. The van der Waals surface area contributed by atoms with Crippen LogP contribution in [-0.2, 0) is 0 Å². The molecule has 0 radical (unpaired) electrons. The largest absolute Gasteiger partial charge is 0.508 e. The van der Waals surface area contributed by atoms with Crippen LogP contribution in [0.25, 0.3) is 0 Å². The second-order valence-electron chi connectivity index (χ2n) is 6.59. The smallest absolute Gasteiger partial charge is 0.409 e. The Morgan fingerprint density at radius 2 is 1.11 bits per heavy atom. The average molecular weight is 560 g/mol. The van der Waals surface area contributed by atoms with Crippen molar-refractivity contribution in [2.45, 2.75) is 20.8 Å². The Bertz CT molecular complexity index is 1070. The fourth-order valence-electron chi connectivity index (χ4n) is 2.22. The highest BCUT2D eigenvalue weighted by Crippen LogP contribution is 2.15. The van der Waals surface area contributed by atoms with Crippen LogP contribution in [0.2, 0.25) is 0 Å². The molecule has 0 heterocycles. The lowest BCUT2D eigenvalue weighted by Gasteiger charge is -2.01. The van der Waals surface area contributed by atoms with Gasteiger partial charge in [-0.25, -0.2) is 9.59 Å². The van der Waals surface area contributed by atoms with E-state index in [9.17, 15) is 9.59 Å². The van der Waals surface area contributed by atoms with Gasteiger partial charge in [-0.05, 0) is 115 Å². The predicted molar refractivity (Wildman–Crippen MR) is 144 cm³/mol. The van der Waals surface area contributed by atoms with E-state index >= 15 is 0 Å². The van der Waals surface area contributed by atoms with E-state index in [0.717, 1.165) is 28.5 Å². The SMILES string of the molecule is CSC(=O)Oc1cccc(C)c1.Cc1cccc(O)c1.Cc1cccc(OC(=O)Cl)c1.O=C(Cl)Cl. The summed E-state index contributed by atoms with van der Waals surface area (Å²) in [5.41, 5.74) is 2.39. The van der Waals surface area contributed by atoms with Gasteiger partial charge in [-0.1, -0.05) is 36.4 Å². The van der Waals surface area contributed by atoms with E-state index in [2.05, 4.69) is 27.9 Å². The number of carbonyl (C=O) groups excluding carboxylic acids is 3. The van der Waals surface area contributed by atoms with Gasteiger partial charge >= 0.3 is 15.4 Å². The molecule has 0 amide bonds. The van der Waals surface area contributed by atoms with Gasteiger partial charge in [-0.2, -0.15) is 0 Å². The van der Waals surface area contributed by atoms with Crippen LogP contribution >= 0.6 is 46.6 Å². The first kappa shape index (κ1) is 32.3. The molecular formula is C25H25Cl3O6S. The number of phenolic OH excluding ortho intramolecular Hbond substituents is 1. The van der Waals surface area contributed by atoms with Crippen molar-refractivity contribution in [2.75, 3.05) is 6.26 Å². The Morgan fingerprint density at radius 3 is 1.43 bits per heavy atom. The number of carbonyl (C=O) groups is 3. The number of benzene rings is 3. The molecule has 0 bridgehead atoms. The third-order valence-corrected chi connectivity index (χ3v) is 4.04. The van der Waals surface area contributed by atoms with Crippen LogP contribution in [0.15, 0.2) is 72.8 Å². The number of aromatic hydroxyl groups is 1. The molecule has 0 aliphatic heterocycles. The molecule has 0 aromatic heterocycles. The normalized spacial score (nSPS) is 9.00. The highest BCUT2D eigenvalue weighted by Gasteiger charge is 2.01. The van der Waals surface area contributed by atoms with Crippen molar-refractivity contribution < 1.29 is 29.0 Å². The van der Waals surface area contributed by atoms with Gasteiger partial charge in [0.2, 0.25) is 0 Å². The Hall–Kier alpha value is -2.71. The predicted octanol–water partition coefficient (Wildman–Crippen LogP) is 8.87. The molecule has 6 nitrogen and oxygen atoms in total. The molecule has 3 aromatic rings. The molecule has 188 valence electrons. The zero-order valence-electron chi connectivity index (χ0n) is 19.5. The number of rotatable bonds is 2. The second kappa shape index (κ2) is 18.6. The first-order chi connectivity index (χ1) is 16.4. The summed E-state index contributed by atoms with van der Waals surface area (Å²) in [6.07, 6.45) is 1.69. The van der Waals surface area contributed by atoms with Crippen LogP contribution in [0.5, 0.6) is 17.2 Å². The van der Waals surface area contributed by atoms with Gasteiger partial charge in [-0.3, -0.25) is 4.79 Å². The van der Waals surface area contributed by atoms with Crippen molar-refractivity contribution in [1.82, 2.24) is 0 Å². The van der Waals surface area contributed by atoms with Crippen molar-refractivity contribution >= 4 is 62.0 Å². The van der Waals surface area contributed by atoms with Gasteiger partial charge < -0.3 is 14.6 Å². The van der Waals surface area contributed by atoms with E-state index < -0.39 is 10.1 Å². The van der Waals surface area contributed by atoms with Gasteiger partial charge in [0.15, 0.2) is 0 Å². The molecule has 0 unspecified atom stereocenters. The van der Waals surface area contributed by atoms with Crippen LogP contribution in [0.1, 0.15) is 16.7 Å². The maximum Gasteiger partial charge on any atom is 0.409 e. The molecule has 0 aliphatic carbocycles. The molecule has 35 heavy (non-hydrogen) atoms. The highest BCUT2D eigenvalue weighted by atomic mass is 35.5. The zero-order valence-corrected chi connectivity index (χ0v) is 22.5. The topological polar surface area (TPSA) is 89.9 Å². The number of phenols is 1. The van der Waals surface area contributed by atoms with Gasteiger partial charge in [0, 0.05) is 11.6 Å². The molecule has 1 N–H and O–H groups in total. The van der Waals surface area contributed by atoms with Gasteiger partial charge in [0.05, 0.1) is 0 Å². The van der Waals surface area contributed by atoms with E-state index in [4.69, 9.17) is 26.2 Å². The van der Waals surface area contributed by atoms with E-state index in [1.165, 1.54) is 0 Å². The van der Waals surface area contributed by atoms with E-state index in [-0.39, 0.29) is 5.30 Å². The number of hydrogen-bond donors (Lipinski definition) is 1. The molecule has 0 saturated carbocycles. The van der Waals surface area contributed by atoms with Crippen LogP contribution in [0, 0.1) is 20.8 Å². The minimum absolute atomic E-state index is 0.277. The van der Waals surface area contributed by atoms with Crippen molar-refractivity contribution in [1.29, 1.82) is 0 Å².